The van der Waals surface area contributed by atoms with Gasteiger partial charge >= 0.3 is 0 Å². The first-order valence-electron chi connectivity index (χ1n) is 7.26. The SMILES string of the molecule is Cc1cccc2oc3cc(Cc4ccccc4)ccc3c12. The number of furan rings is 1. The normalized spacial score (nSPS) is 11.3. The van der Waals surface area contributed by atoms with E-state index in [9.17, 15) is 0 Å². The van der Waals surface area contributed by atoms with Gasteiger partial charge in [0.25, 0.3) is 0 Å². The number of benzene rings is 3. The monoisotopic (exact) mass is 272 g/mol. The molecule has 0 radical (unpaired) electrons. The molecule has 1 nitrogen and oxygen atoms in total. The van der Waals surface area contributed by atoms with E-state index >= 15 is 0 Å². The van der Waals surface area contributed by atoms with E-state index in [0.29, 0.717) is 0 Å². The Labute approximate surface area is 123 Å². The number of hydrogen-bond donors (Lipinski definition) is 0. The van der Waals surface area contributed by atoms with Crippen molar-refractivity contribution in [1.29, 1.82) is 0 Å². The topological polar surface area (TPSA) is 13.1 Å². The Morgan fingerprint density at radius 3 is 2.48 bits per heavy atom. The second-order valence-corrected chi connectivity index (χ2v) is 5.54. The van der Waals surface area contributed by atoms with Crippen molar-refractivity contribution in [2.24, 2.45) is 0 Å². The summed E-state index contributed by atoms with van der Waals surface area (Å²) >= 11 is 0. The van der Waals surface area contributed by atoms with Crippen LogP contribution in [-0.4, -0.2) is 0 Å². The van der Waals surface area contributed by atoms with Gasteiger partial charge in [0.1, 0.15) is 11.2 Å². The maximum Gasteiger partial charge on any atom is 0.135 e. The Balaban J connectivity index is 1.83. The van der Waals surface area contributed by atoms with Gasteiger partial charge in [0.15, 0.2) is 0 Å². The molecule has 0 unspecified atom stereocenters. The minimum absolute atomic E-state index is 0.937. The van der Waals surface area contributed by atoms with Crippen molar-refractivity contribution in [3.05, 3.63) is 83.4 Å². The molecule has 102 valence electrons. The summed E-state index contributed by atoms with van der Waals surface area (Å²) < 4.78 is 6.01. The lowest BCUT2D eigenvalue weighted by Gasteiger charge is -2.01. The van der Waals surface area contributed by atoms with E-state index in [2.05, 4.69) is 61.5 Å². The molecule has 0 fully saturated rings. The maximum atomic E-state index is 6.01. The summed E-state index contributed by atoms with van der Waals surface area (Å²) in [5.41, 5.74) is 5.83. The molecule has 0 N–H and O–H groups in total. The van der Waals surface area contributed by atoms with Crippen LogP contribution in [0.1, 0.15) is 16.7 Å². The second-order valence-electron chi connectivity index (χ2n) is 5.54. The lowest BCUT2D eigenvalue weighted by atomic mass is 10.0. The standard InChI is InChI=1S/C20H16O/c1-14-6-5-9-18-20(14)17-11-10-16(13-19(17)21-18)12-15-7-3-2-4-8-15/h2-11,13H,12H2,1H3. The van der Waals surface area contributed by atoms with Gasteiger partial charge in [-0.3, -0.25) is 0 Å². The molecule has 0 spiro atoms. The Morgan fingerprint density at radius 1 is 0.762 bits per heavy atom. The van der Waals surface area contributed by atoms with Gasteiger partial charge in [-0.25, -0.2) is 0 Å². The minimum Gasteiger partial charge on any atom is -0.456 e. The molecule has 0 saturated heterocycles. The van der Waals surface area contributed by atoms with Crippen LogP contribution in [0.2, 0.25) is 0 Å². The highest BCUT2D eigenvalue weighted by atomic mass is 16.3. The fourth-order valence-electron chi connectivity index (χ4n) is 2.99. The zero-order valence-corrected chi connectivity index (χ0v) is 12.0. The Kier molecular flexibility index (Phi) is 2.78. The van der Waals surface area contributed by atoms with Crippen LogP contribution in [0.3, 0.4) is 0 Å². The molecule has 4 rings (SSSR count). The van der Waals surface area contributed by atoms with Crippen LogP contribution in [0, 0.1) is 6.92 Å². The molecule has 1 aromatic heterocycles. The number of hydrogen-bond acceptors (Lipinski definition) is 1. The van der Waals surface area contributed by atoms with E-state index < -0.39 is 0 Å². The first kappa shape index (κ1) is 12.2. The fraction of sp³-hybridized carbons (Fsp3) is 0.100. The van der Waals surface area contributed by atoms with Gasteiger partial charge < -0.3 is 4.42 Å². The molecule has 0 aliphatic carbocycles. The van der Waals surface area contributed by atoms with E-state index in [1.54, 1.807) is 0 Å². The third-order valence-electron chi connectivity index (χ3n) is 4.02. The molecular formula is C20H16O. The first-order valence-corrected chi connectivity index (χ1v) is 7.26. The Bertz CT molecular complexity index is 917. The summed E-state index contributed by atoms with van der Waals surface area (Å²) in [6.45, 7) is 2.13. The smallest absolute Gasteiger partial charge is 0.135 e. The molecule has 0 bridgehead atoms. The molecule has 1 heterocycles. The third kappa shape index (κ3) is 2.11. The molecule has 0 aliphatic heterocycles. The van der Waals surface area contributed by atoms with Gasteiger partial charge in [-0.05, 0) is 42.2 Å². The molecular weight excluding hydrogens is 256 g/mol. The summed E-state index contributed by atoms with van der Waals surface area (Å²) in [7, 11) is 0. The summed E-state index contributed by atoms with van der Waals surface area (Å²) in [5, 5.41) is 2.44. The van der Waals surface area contributed by atoms with Crippen molar-refractivity contribution in [3.63, 3.8) is 0 Å². The summed E-state index contributed by atoms with van der Waals surface area (Å²) in [6.07, 6.45) is 0.937. The van der Waals surface area contributed by atoms with E-state index in [0.717, 1.165) is 17.6 Å². The summed E-state index contributed by atoms with van der Waals surface area (Å²) in [6, 6.07) is 23.3. The summed E-state index contributed by atoms with van der Waals surface area (Å²) in [5.74, 6) is 0. The average Bonchev–Trinajstić information content (AvgIpc) is 2.87. The maximum absolute atomic E-state index is 6.01. The van der Waals surface area contributed by atoms with Crippen LogP contribution in [-0.2, 0) is 6.42 Å². The predicted molar refractivity (Wildman–Crippen MR) is 87.7 cm³/mol. The fourth-order valence-corrected chi connectivity index (χ4v) is 2.99. The van der Waals surface area contributed by atoms with Gasteiger partial charge in [0, 0.05) is 10.8 Å². The molecule has 0 aliphatic rings. The van der Waals surface area contributed by atoms with Crippen molar-refractivity contribution in [2.45, 2.75) is 13.3 Å². The molecule has 0 atom stereocenters. The zero-order chi connectivity index (χ0) is 14.2. The van der Waals surface area contributed by atoms with Gasteiger partial charge in [0.05, 0.1) is 0 Å². The van der Waals surface area contributed by atoms with Crippen molar-refractivity contribution >= 4 is 21.9 Å². The second kappa shape index (κ2) is 4.78. The Hall–Kier alpha value is -2.54. The van der Waals surface area contributed by atoms with Crippen molar-refractivity contribution in [1.82, 2.24) is 0 Å². The highest BCUT2D eigenvalue weighted by Gasteiger charge is 2.09. The van der Waals surface area contributed by atoms with Crippen molar-refractivity contribution in [2.75, 3.05) is 0 Å². The predicted octanol–water partition coefficient (Wildman–Crippen LogP) is 5.49. The van der Waals surface area contributed by atoms with Gasteiger partial charge in [-0.15, -0.1) is 0 Å². The largest absolute Gasteiger partial charge is 0.456 e. The quantitative estimate of drug-likeness (QED) is 0.470. The van der Waals surface area contributed by atoms with E-state index in [1.165, 1.54) is 27.5 Å². The molecule has 0 amide bonds. The molecule has 0 saturated carbocycles. The number of rotatable bonds is 2. The number of fused-ring (bicyclic) bond motifs is 3. The molecule has 4 aromatic rings. The first-order chi connectivity index (χ1) is 10.3. The van der Waals surface area contributed by atoms with E-state index in [-0.39, 0.29) is 0 Å². The van der Waals surface area contributed by atoms with Gasteiger partial charge in [-0.1, -0.05) is 54.6 Å². The van der Waals surface area contributed by atoms with Gasteiger partial charge in [0.2, 0.25) is 0 Å². The van der Waals surface area contributed by atoms with Crippen LogP contribution < -0.4 is 0 Å². The van der Waals surface area contributed by atoms with Crippen LogP contribution in [0.25, 0.3) is 21.9 Å². The summed E-state index contributed by atoms with van der Waals surface area (Å²) in [4.78, 5) is 0. The lowest BCUT2D eigenvalue weighted by molar-refractivity contribution is 0.668. The Morgan fingerprint density at radius 2 is 1.62 bits per heavy atom. The minimum atomic E-state index is 0.937. The third-order valence-corrected chi connectivity index (χ3v) is 4.02. The van der Waals surface area contributed by atoms with E-state index in [4.69, 9.17) is 4.42 Å². The van der Waals surface area contributed by atoms with E-state index in [1.807, 2.05) is 12.1 Å². The van der Waals surface area contributed by atoms with Crippen LogP contribution >= 0.6 is 0 Å². The van der Waals surface area contributed by atoms with Crippen LogP contribution in [0.4, 0.5) is 0 Å². The average molecular weight is 272 g/mol. The lowest BCUT2D eigenvalue weighted by Crippen LogP contribution is -1.86. The molecule has 21 heavy (non-hydrogen) atoms. The number of aryl methyl sites for hydroxylation is 1. The van der Waals surface area contributed by atoms with Crippen LogP contribution in [0.5, 0.6) is 0 Å². The highest BCUT2D eigenvalue weighted by molar-refractivity contribution is 6.06. The van der Waals surface area contributed by atoms with Crippen molar-refractivity contribution in [3.8, 4) is 0 Å². The zero-order valence-electron chi connectivity index (χ0n) is 12.0. The van der Waals surface area contributed by atoms with Crippen molar-refractivity contribution < 1.29 is 4.42 Å². The molecule has 3 aromatic carbocycles. The van der Waals surface area contributed by atoms with Gasteiger partial charge in [-0.2, -0.15) is 0 Å². The molecule has 1 heteroatoms. The van der Waals surface area contributed by atoms with Crippen LogP contribution in [0.15, 0.2) is 71.1 Å². The highest BCUT2D eigenvalue weighted by Crippen LogP contribution is 2.31.